The normalized spacial score (nSPS) is 11.1. The van der Waals surface area contributed by atoms with Crippen LogP contribution in [0.15, 0.2) is 95.0 Å². The quantitative estimate of drug-likeness (QED) is 0.214. The van der Waals surface area contributed by atoms with Crippen LogP contribution in [0.3, 0.4) is 0 Å². The molecule has 6 heteroatoms. The summed E-state index contributed by atoms with van der Waals surface area (Å²) in [6.07, 6.45) is 1.51. The number of rotatable bonds is 6. The Morgan fingerprint density at radius 1 is 1.03 bits per heavy atom. The lowest BCUT2D eigenvalue weighted by atomic mass is 10.1. The molecule has 0 spiro atoms. The third-order valence-corrected chi connectivity index (χ3v) is 5.84. The first kappa shape index (κ1) is 22.6. The summed E-state index contributed by atoms with van der Waals surface area (Å²) < 4.78 is 6.92. The van der Waals surface area contributed by atoms with Gasteiger partial charge in [-0.3, -0.25) is 4.79 Å². The summed E-state index contributed by atoms with van der Waals surface area (Å²) in [4.78, 5) is 12.7. The van der Waals surface area contributed by atoms with E-state index >= 15 is 0 Å². The van der Waals surface area contributed by atoms with E-state index in [0.29, 0.717) is 28.6 Å². The molecule has 4 aromatic rings. The molecular formula is C27H18BrClN2O2. The summed E-state index contributed by atoms with van der Waals surface area (Å²) in [5, 5.41) is 15.0. The number of hydrogen-bond donors (Lipinski definition) is 1. The van der Waals surface area contributed by atoms with E-state index in [-0.39, 0.29) is 5.57 Å². The van der Waals surface area contributed by atoms with Crippen molar-refractivity contribution in [3.05, 3.63) is 111 Å². The zero-order chi connectivity index (χ0) is 23.2. The summed E-state index contributed by atoms with van der Waals surface area (Å²) in [7, 11) is 0. The fraction of sp³-hybridized carbons (Fsp3) is 0.0370. The van der Waals surface area contributed by atoms with Crippen molar-refractivity contribution in [2.75, 3.05) is 5.32 Å². The van der Waals surface area contributed by atoms with Gasteiger partial charge in [0.15, 0.2) is 0 Å². The molecule has 0 radical (unpaired) electrons. The highest BCUT2D eigenvalue weighted by molar-refractivity contribution is 9.10. The number of carbonyl (C=O) groups excluding carboxylic acids is 1. The highest BCUT2D eigenvalue weighted by Crippen LogP contribution is 2.28. The minimum absolute atomic E-state index is 0.0666. The third kappa shape index (κ3) is 5.43. The molecule has 0 saturated carbocycles. The fourth-order valence-electron chi connectivity index (χ4n) is 3.39. The Bertz CT molecular complexity index is 1400. The highest BCUT2D eigenvalue weighted by Gasteiger charge is 2.13. The molecule has 0 saturated heterocycles. The smallest absolute Gasteiger partial charge is 0.266 e. The predicted octanol–water partition coefficient (Wildman–Crippen LogP) is 7.38. The summed E-state index contributed by atoms with van der Waals surface area (Å²) in [5.41, 5.74) is 2.02. The molecule has 4 nitrogen and oxygen atoms in total. The maximum Gasteiger partial charge on any atom is 0.266 e. The molecule has 0 aliphatic carbocycles. The Kier molecular flexibility index (Phi) is 7.09. The van der Waals surface area contributed by atoms with Gasteiger partial charge in [0.05, 0.1) is 10.7 Å². The van der Waals surface area contributed by atoms with E-state index < -0.39 is 5.91 Å². The average molecular weight is 518 g/mol. The molecule has 0 aromatic heterocycles. The van der Waals surface area contributed by atoms with E-state index in [9.17, 15) is 10.1 Å². The van der Waals surface area contributed by atoms with Crippen molar-refractivity contribution in [3.63, 3.8) is 0 Å². The molecular weight excluding hydrogens is 500 g/mol. The van der Waals surface area contributed by atoms with Crippen LogP contribution in [0.25, 0.3) is 16.8 Å². The second kappa shape index (κ2) is 10.4. The van der Waals surface area contributed by atoms with E-state index in [1.807, 2.05) is 42.5 Å². The number of nitrogens with one attached hydrogen (secondary N) is 1. The van der Waals surface area contributed by atoms with Gasteiger partial charge >= 0.3 is 0 Å². The SMILES string of the molecule is N#C/C(=C\c1cc(Br)ccc1OCc1cccc2ccccc12)C(=O)Nc1ccccc1Cl. The number of hydrogen-bond acceptors (Lipinski definition) is 3. The Balaban J connectivity index is 1.60. The molecule has 1 amide bonds. The van der Waals surface area contributed by atoms with Crippen LogP contribution < -0.4 is 10.1 Å². The maximum atomic E-state index is 12.7. The summed E-state index contributed by atoms with van der Waals surface area (Å²) in [6, 6.07) is 28.5. The van der Waals surface area contributed by atoms with Crippen LogP contribution in [-0.2, 0) is 11.4 Å². The molecule has 0 aliphatic heterocycles. The topological polar surface area (TPSA) is 62.1 Å². The van der Waals surface area contributed by atoms with Gasteiger partial charge in [0.2, 0.25) is 0 Å². The Morgan fingerprint density at radius 2 is 1.79 bits per heavy atom. The number of carbonyl (C=O) groups is 1. The van der Waals surface area contributed by atoms with Gasteiger partial charge in [-0.05, 0) is 52.7 Å². The van der Waals surface area contributed by atoms with E-state index in [1.54, 1.807) is 30.3 Å². The number of amides is 1. The first-order valence-electron chi connectivity index (χ1n) is 10.1. The number of nitrogens with zero attached hydrogens (tertiary/aromatic N) is 1. The van der Waals surface area contributed by atoms with E-state index in [2.05, 4.69) is 39.4 Å². The Morgan fingerprint density at radius 3 is 2.61 bits per heavy atom. The number of nitriles is 1. The van der Waals surface area contributed by atoms with Crippen molar-refractivity contribution >= 4 is 56.0 Å². The lowest BCUT2D eigenvalue weighted by molar-refractivity contribution is -0.112. The van der Waals surface area contributed by atoms with Crippen LogP contribution in [0.5, 0.6) is 5.75 Å². The fourth-order valence-corrected chi connectivity index (χ4v) is 3.96. The molecule has 0 aliphatic rings. The zero-order valence-electron chi connectivity index (χ0n) is 17.4. The van der Waals surface area contributed by atoms with Gasteiger partial charge in [-0.25, -0.2) is 0 Å². The van der Waals surface area contributed by atoms with Gasteiger partial charge in [0, 0.05) is 10.0 Å². The van der Waals surface area contributed by atoms with Crippen molar-refractivity contribution in [1.29, 1.82) is 5.26 Å². The first-order valence-corrected chi connectivity index (χ1v) is 11.3. The average Bonchev–Trinajstić information content (AvgIpc) is 2.83. The molecule has 162 valence electrons. The van der Waals surface area contributed by atoms with Crippen LogP contribution in [-0.4, -0.2) is 5.91 Å². The molecule has 4 aromatic carbocycles. The largest absolute Gasteiger partial charge is 0.488 e. The van der Waals surface area contributed by atoms with Crippen LogP contribution in [0.1, 0.15) is 11.1 Å². The van der Waals surface area contributed by atoms with Gasteiger partial charge in [-0.2, -0.15) is 5.26 Å². The van der Waals surface area contributed by atoms with Crippen LogP contribution >= 0.6 is 27.5 Å². The maximum absolute atomic E-state index is 12.7. The van der Waals surface area contributed by atoms with Crippen molar-refractivity contribution in [1.82, 2.24) is 0 Å². The molecule has 0 unspecified atom stereocenters. The lowest BCUT2D eigenvalue weighted by Crippen LogP contribution is -2.13. The lowest BCUT2D eigenvalue weighted by Gasteiger charge is -2.12. The number of para-hydroxylation sites is 1. The van der Waals surface area contributed by atoms with Gasteiger partial charge in [-0.1, -0.05) is 82.1 Å². The van der Waals surface area contributed by atoms with E-state index in [0.717, 1.165) is 20.8 Å². The minimum atomic E-state index is -0.550. The van der Waals surface area contributed by atoms with Crippen LogP contribution in [0.4, 0.5) is 5.69 Å². The minimum Gasteiger partial charge on any atom is -0.488 e. The van der Waals surface area contributed by atoms with E-state index in [1.165, 1.54) is 6.08 Å². The Labute approximate surface area is 205 Å². The number of benzene rings is 4. The Hall–Kier alpha value is -3.59. The van der Waals surface area contributed by atoms with Crippen molar-refractivity contribution in [2.45, 2.75) is 6.61 Å². The van der Waals surface area contributed by atoms with Crippen molar-refractivity contribution in [2.24, 2.45) is 0 Å². The monoisotopic (exact) mass is 516 g/mol. The van der Waals surface area contributed by atoms with Gasteiger partial charge < -0.3 is 10.1 Å². The second-order valence-electron chi connectivity index (χ2n) is 7.21. The number of ether oxygens (including phenoxy) is 1. The molecule has 1 N–H and O–H groups in total. The zero-order valence-corrected chi connectivity index (χ0v) is 19.7. The van der Waals surface area contributed by atoms with Crippen molar-refractivity contribution in [3.8, 4) is 11.8 Å². The van der Waals surface area contributed by atoms with Gasteiger partial charge in [0.1, 0.15) is 24.0 Å². The summed E-state index contributed by atoms with van der Waals surface area (Å²) in [6.45, 7) is 0.345. The highest BCUT2D eigenvalue weighted by atomic mass is 79.9. The van der Waals surface area contributed by atoms with Gasteiger partial charge in [0.25, 0.3) is 5.91 Å². The summed E-state index contributed by atoms with van der Waals surface area (Å²) in [5.74, 6) is 0.00927. The molecule has 0 bridgehead atoms. The number of anilines is 1. The molecule has 4 rings (SSSR count). The van der Waals surface area contributed by atoms with Crippen molar-refractivity contribution < 1.29 is 9.53 Å². The molecule has 33 heavy (non-hydrogen) atoms. The number of halogens is 2. The summed E-state index contributed by atoms with van der Waals surface area (Å²) >= 11 is 9.57. The first-order chi connectivity index (χ1) is 16.0. The third-order valence-electron chi connectivity index (χ3n) is 5.02. The standard InChI is InChI=1S/C27H18BrClN2O2/c28-22-12-13-26(33-17-19-8-5-7-18-6-1-2-9-23(18)19)20(15-22)14-21(16-30)27(32)31-25-11-4-3-10-24(25)29/h1-15H,17H2,(H,31,32)/b21-14+. The molecule has 0 heterocycles. The number of fused-ring (bicyclic) bond motifs is 1. The second-order valence-corrected chi connectivity index (χ2v) is 8.54. The van der Waals surface area contributed by atoms with Crippen LogP contribution in [0, 0.1) is 11.3 Å². The molecule has 0 atom stereocenters. The molecule has 0 fully saturated rings. The van der Waals surface area contributed by atoms with Crippen LogP contribution in [0.2, 0.25) is 5.02 Å². The van der Waals surface area contributed by atoms with Gasteiger partial charge in [-0.15, -0.1) is 0 Å². The predicted molar refractivity (Wildman–Crippen MR) is 136 cm³/mol. The van der Waals surface area contributed by atoms with E-state index in [4.69, 9.17) is 16.3 Å².